The van der Waals surface area contributed by atoms with Crippen molar-refractivity contribution in [3.05, 3.63) is 34.5 Å². The number of nitrogen functional groups attached to an aromatic ring is 1. The molecule has 0 aliphatic rings. The molecule has 21 heavy (non-hydrogen) atoms. The minimum absolute atomic E-state index is 0.158. The smallest absolute Gasteiger partial charge is 0.272 e. The van der Waals surface area contributed by atoms with Gasteiger partial charge in [0.25, 0.3) is 5.91 Å². The van der Waals surface area contributed by atoms with Crippen molar-refractivity contribution >= 4 is 11.6 Å². The van der Waals surface area contributed by atoms with Crippen molar-refractivity contribution in [3.63, 3.8) is 0 Å². The van der Waals surface area contributed by atoms with Crippen molar-refractivity contribution < 1.29 is 9.21 Å². The minimum Gasteiger partial charge on any atom is -0.466 e. The van der Waals surface area contributed by atoms with Crippen LogP contribution in [0.2, 0.25) is 0 Å². The molecular formula is C15H22N4O2. The van der Waals surface area contributed by atoms with E-state index in [0.29, 0.717) is 17.8 Å². The molecule has 1 atom stereocenters. The van der Waals surface area contributed by atoms with Gasteiger partial charge in [0.15, 0.2) is 0 Å². The van der Waals surface area contributed by atoms with E-state index in [0.717, 1.165) is 22.8 Å². The number of nitrogens with zero attached hydrogens (tertiary/aromatic N) is 2. The molecule has 2 rings (SSSR count). The van der Waals surface area contributed by atoms with Gasteiger partial charge in [-0.15, -0.1) is 0 Å². The number of hydrogen-bond acceptors (Lipinski definition) is 4. The first-order chi connectivity index (χ1) is 9.85. The molecule has 0 aliphatic heterocycles. The summed E-state index contributed by atoms with van der Waals surface area (Å²) < 4.78 is 7.03. The molecule has 1 unspecified atom stereocenters. The third-order valence-electron chi connectivity index (χ3n) is 3.60. The van der Waals surface area contributed by atoms with E-state index in [4.69, 9.17) is 10.2 Å². The Morgan fingerprint density at radius 3 is 2.67 bits per heavy atom. The van der Waals surface area contributed by atoms with Crippen molar-refractivity contribution in [1.29, 1.82) is 0 Å². The maximum Gasteiger partial charge on any atom is 0.272 e. The summed E-state index contributed by atoms with van der Waals surface area (Å²) in [4.78, 5) is 12.4. The van der Waals surface area contributed by atoms with Crippen LogP contribution in [0.15, 0.2) is 10.5 Å². The average Bonchev–Trinajstić information content (AvgIpc) is 2.88. The lowest BCUT2D eigenvalue weighted by Crippen LogP contribution is -2.29. The number of rotatable bonds is 4. The van der Waals surface area contributed by atoms with Gasteiger partial charge in [0, 0.05) is 12.6 Å². The highest BCUT2D eigenvalue weighted by Crippen LogP contribution is 2.23. The third-order valence-corrected chi connectivity index (χ3v) is 3.60. The van der Waals surface area contributed by atoms with Gasteiger partial charge < -0.3 is 15.5 Å². The third kappa shape index (κ3) is 2.79. The van der Waals surface area contributed by atoms with Gasteiger partial charge in [-0.3, -0.25) is 9.48 Å². The molecular weight excluding hydrogens is 268 g/mol. The van der Waals surface area contributed by atoms with E-state index in [9.17, 15) is 4.79 Å². The van der Waals surface area contributed by atoms with Crippen LogP contribution in [-0.4, -0.2) is 15.7 Å². The summed E-state index contributed by atoms with van der Waals surface area (Å²) in [6, 6.07) is 1.78. The molecule has 0 saturated carbocycles. The summed E-state index contributed by atoms with van der Waals surface area (Å²) in [5, 5.41) is 7.21. The first-order valence-electron chi connectivity index (χ1n) is 7.04. The Kier molecular flexibility index (Phi) is 4.06. The largest absolute Gasteiger partial charge is 0.466 e. The fourth-order valence-corrected chi connectivity index (χ4v) is 2.55. The highest BCUT2D eigenvalue weighted by Gasteiger charge is 2.22. The summed E-state index contributed by atoms with van der Waals surface area (Å²) in [5.74, 6) is 1.41. The van der Waals surface area contributed by atoms with Crippen LogP contribution in [-0.2, 0) is 13.5 Å². The molecule has 2 aromatic heterocycles. The van der Waals surface area contributed by atoms with E-state index in [1.807, 2.05) is 33.8 Å². The summed E-state index contributed by atoms with van der Waals surface area (Å²) in [5.41, 5.74) is 8.56. The Labute approximate surface area is 124 Å². The Morgan fingerprint density at radius 2 is 2.19 bits per heavy atom. The molecule has 6 heteroatoms. The van der Waals surface area contributed by atoms with Gasteiger partial charge in [-0.25, -0.2) is 0 Å². The lowest BCUT2D eigenvalue weighted by Gasteiger charge is -2.13. The zero-order chi connectivity index (χ0) is 15.7. The number of carbonyl (C=O) groups is 1. The predicted molar refractivity (Wildman–Crippen MR) is 81.1 cm³/mol. The van der Waals surface area contributed by atoms with E-state index >= 15 is 0 Å². The second-order valence-corrected chi connectivity index (χ2v) is 5.25. The van der Waals surface area contributed by atoms with Gasteiger partial charge >= 0.3 is 0 Å². The first kappa shape index (κ1) is 15.2. The van der Waals surface area contributed by atoms with Crippen molar-refractivity contribution in [2.75, 3.05) is 5.73 Å². The predicted octanol–water partition coefficient (Wildman–Crippen LogP) is 2.27. The second-order valence-electron chi connectivity index (χ2n) is 5.25. The topological polar surface area (TPSA) is 86.1 Å². The molecule has 114 valence electrons. The molecule has 2 aromatic rings. The zero-order valence-electron chi connectivity index (χ0n) is 13.2. The summed E-state index contributed by atoms with van der Waals surface area (Å²) in [7, 11) is 1.72. The Hall–Kier alpha value is -2.24. The van der Waals surface area contributed by atoms with Crippen LogP contribution in [0.5, 0.6) is 0 Å². The molecule has 0 aromatic carbocycles. The number of nitrogens with two attached hydrogens (primary N) is 1. The maximum atomic E-state index is 12.4. The molecule has 0 saturated heterocycles. The van der Waals surface area contributed by atoms with E-state index in [1.165, 1.54) is 4.68 Å². The molecule has 3 N–H and O–H groups in total. The van der Waals surface area contributed by atoms with E-state index in [2.05, 4.69) is 10.4 Å². The van der Waals surface area contributed by atoms with E-state index in [-0.39, 0.29) is 11.9 Å². The first-order valence-corrected chi connectivity index (χ1v) is 7.04. The number of aromatic nitrogens is 2. The monoisotopic (exact) mass is 290 g/mol. The lowest BCUT2D eigenvalue weighted by atomic mass is 10.1. The molecule has 6 nitrogen and oxygen atoms in total. The van der Waals surface area contributed by atoms with Crippen molar-refractivity contribution in [2.45, 2.75) is 40.2 Å². The SMILES string of the molecule is CCc1nn(C)c(C(=O)NC(C)c2cc(C)oc2C)c1N. The highest BCUT2D eigenvalue weighted by atomic mass is 16.3. The molecule has 0 aliphatic carbocycles. The van der Waals surface area contributed by atoms with Crippen molar-refractivity contribution in [1.82, 2.24) is 15.1 Å². The van der Waals surface area contributed by atoms with E-state index in [1.54, 1.807) is 7.05 Å². The molecule has 2 heterocycles. The molecule has 0 spiro atoms. The van der Waals surface area contributed by atoms with E-state index < -0.39 is 0 Å². The van der Waals surface area contributed by atoms with Gasteiger partial charge in [0.1, 0.15) is 17.2 Å². The summed E-state index contributed by atoms with van der Waals surface area (Å²) in [6.45, 7) is 7.65. The van der Waals surface area contributed by atoms with Gasteiger partial charge in [-0.2, -0.15) is 5.10 Å². The van der Waals surface area contributed by atoms with Crippen LogP contribution in [0.1, 0.15) is 53.2 Å². The van der Waals surface area contributed by atoms with Gasteiger partial charge in [0.2, 0.25) is 0 Å². The second kappa shape index (κ2) is 5.63. The van der Waals surface area contributed by atoms with Crippen molar-refractivity contribution in [2.24, 2.45) is 7.05 Å². The molecule has 0 fully saturated rings. The number of nitrogens with one attached hydrogen (secondary N) is 1. The Balaban J connectivity index is 2.22. The Bertz CT molecular complexity index is 670. The lowest BCUT2D eigenvalue weighted by molar-refractivity contribution is 0.0931. The van der Waals surface area contributed by atoms with Gasteiger partial charge in [-0.05, 0) is 33.3 Å². The number of aryl methyl sites for hydroxylation is 4. The molecule has 0 radical (unpaired) electrons. The molecule has 0 bridgehead atoms. The number of furan rings is 1. The minimum atomic E-state index is -0.229. The quantitative estimate of drug-likeness (QED) is 0.904. The number of anilines is 1. The number of amides is 1. The van der Waals surface area contributed by atoms with Gasteiger partial charge in [-0.1, -0.05) is 6.92 Å². The summed E-state index contributed by atoms with van der Waals surface area (Å²) >= 11 is 0. The fraction of sp³-hybridized carbons (Fsp3) is 0.467. The average molecular weight is 290 g/mol. The Morgan fingerprint density at radius 1 is 1.52 bits per heavy atom. The van der Waals surface area contributed by atoms with Crippen LogP contribution in [0.3, 0.4) is 0 Å². The number of hydrogen-bond donors (Lipinski definition) is 2. The number of carbonyl (C=O) groups excluding carboxylic acids is 1. The van der Waals surface area contributed by atoms with Crippen LogP contribution in [0.4, 0.5) is 5.69 Å². The standard InChI is InChI=1S/C15H22N4O2/c1-6-12-13(16)14(19(5)18-12)15(20)17-9(3)11-7-8(2)21-10(11)4/h7,9H,6,16H2,1-5H3,(H,17,20). The normalized spacial score (nSPS) is 12.4. The van der Waals surface area contributed by atoms with Crippen LogP contribution >= 0.6 is 0 Å². The highest BCUT2D eigenvalue weighted by molar-refractivity contribution is 5.98. The zero-order valence-corrected chi connectivity index (χ0v) is 13.2. The fourth-order valence-electron chi connectivity index (χ4n) is 2.55. The molecule has 1 amide bonds. The van der Waals surface area contributed by atoms with Crippen LogP contribution in [0.25, 0.3) is 0 Å². The van der Waals surface area contributed by atoms with Crippen molar-refractivity contribution in [3.8, 4) is 0 Å². The van der Waals surface area contributed by atoms with Crippen LogP contribution < -0.4 is 11.1 Å². The van der Waals surface area contributed by atoms with Crippen LogP contribution in [0, 0.1) is 13.8 Å². The maximum absolute atomic E-state index is 12.4. The van der Waals surface area contributed by atoms with Gasteiger partial charge in [0.05, 0.1) is 17.4 Å². The summed E-state index contributed by atoms with van der Waals surface area (Å²) in [6.07, 6.45) is 0.697.